The molecule has 2 aliphatic rings. The summed E-state index contributed by atoms with van der Waals surface area (Å²) in [6.07, 6.45) is 1.80. The van der Waals surface area contributed by atoms with Gasteiger partial charge in [0.1, 0.15) is 23.6 Å². The smallest absolute Gasteiger partial charge is 0.192 e. The quantitative estimate of drug-likeness (QED) is 0.756. The summed E-state index contributed by atoms with van der Waals surface area (Å²) in [6, 6.07) is 5.17. The minimum atomic E-state index is -0.346. The van der Waals surface area contributed by atoms with Crippen LogP contribution in [0.25, 0.3) is 0 Å². The minimum absolute atomic E-state index is 0.202. The monoisotopic (exact) mass is 245 g/mol. The first kappa shape index (κ1) is 11.0. The summed E-state index contributed by atoms with van der Waals surface area (Å²) in [7, 11) is 0. The number of phenols is 1. The van der Waals surface area contributed by atoms with Crippen LogP contribution in [0.5, 0.6) is 11.5 Å². The van der Waals surface area contributed by atoms with E-state index in [2.05, 4.69) is 11.6 Å². The van der Waals surface area contributed by atoms with Crippen LogP contribution in [0.3, 0.4) is 0 Å². The molecule has 5 nitrogen and oxygen atoms in total. The highest BCUT2D eigenvalue weighted by Crippen LogP contribution is 2.44. The van der Waals surface area contributed by atoms with Crippen molar-refractivity contribution in [3.8, 4) is 11.5 Å². The first-order valence-electron chi connectivity index (χ1n) is 5.82. The number of guanidine groups is 1. The number of nitrogens with two attached hydrogens (primary N) is 1. The van der Waals surface area contributed by atoms with E-state index in [1.807, 2.05) is 11.0 Å². The van der Waals surface area contributed by atoms with Crippen LogP contribution in [-0.4, -0.2) is 35.7 Å². The van der Waals surface area contributed by atoms with Crippen LogP contribution < -0.4 is 10.5 Å². The molecular weight excluding hydrogens is 230 g/mol. The molecule has 94 valence electrons. The molecule has 2 aliphatic heterocycles. The maximum atomic E-state index is 9.49. The number of aromatic hydroxyl groups is 1. The van der Waals surface area contributed by atoms with Gasteiger partial charge in [0.15, 0.2) is 5.96 Å². The van der Waals surface area contributed by atoms with Gasteiger partial charge in [0, 0.05) is 18.2 Å². The van der Waals surface area contributed by atoms with Gasteiger partial charge in [-0.3, -0.25) is 4.99 Å². The predicted molar refractivity (Wildman–Crippen MR) is 68.7 cm³/mol. The number of rotatable bonds is 2. The van der Waals surface area contributed by atoms with E-state index in [9.17, 15) is 5.11 Å². The maximum absolute atomic E-state index is 9.49. The average Bonchev–Trinajstić information content (AvgIpc) is 2.86. The number of benzene rings is 1. The van der Waals surface area contributed by atoms with E-state index in [0.717, 1.165) is 5.56 Å². The summed E-state index contributed by atoms with van der Waals surface area (Å²) in [5, 5.41) is 9.49. The third kappa shape index (κ3) is 1.30. The van der Waals surface area contributed by atoms with Crippen molar-refractivity contribution in [1.29, 1.82) is 0 Å². The Balaban J connectivity index is 2.06. The molecule has 0 saturated heterocycles. The third-order valence-corrected chi connectivity index (χ3v) is 3.54. The third-order valence-electron chi connectivity index (χ3n) is 3.54. The van der Waals surface area contributed by atoms with E-state index in [0.29, 0.717) is 31.4 Å². The predicted octanol–water partition coefficient (Wildman–Crippen LogP) is 0.796. The standard InChI is InChI=1S/C13H15N3O2/c1-2-5-16-12(14)15-7-13(16)8-18-11-6-9(17)3-4-10(11)13/h2-4,6,17H,1,5,7-8H2,(H2,14,15). The van der Waals surface area contributed by atoms with Crippen LogP contribution in [-0.2, 0) is 5.54 Å². The van der Waals surface area contributed by atoms with Crippen LogP contribution in [0.2, 0.25) is 0 Å². The summed E-state index contributed by atoms with van der Waals surface area (Å²) >= 11 is 0. The van der Waals surface area contributed by atoms with Gasteiger partial charge in [0.25, 0.3) is 0 Å². The summed E-state index contributed by atoms with van der Waals surface area (Å²) in [5.41, 5.74) is 6.60. The zero-order chi connectivity index (χ0) is 12.8. The lowest BCUT2D eigenvalue weighted by atomic mass is 9.91. The van der Waals surface area contributed by atoms with Crippen molar-refractivity contribution in [2.45, 2.75) is 5.54 Å². The number of hydrogen-bond donors (Lipinski definition) is 2. The summed E-state index contributed by atoms with van der Waals surface area (Å²) in [4.78, 5) is 6.33. The topological polar surface area (TPSA) is 71.1 Å². The van der Waals surface area contributed by atoms with Crippen LogP contribution in [0.4, 0.5) is 0 Å². The lowest BCUT2D eigenvalue weighted by Crippen LogP contribution is -2.50. The fourth-order valence-corrected chi connectivity index (χ4v) is 2.64. The molecule has 1 aromatic rings. The Hall–Kier alpha value is -2.17. The summed E-state index contributed by atoms with van der Waals surface area (Å²) < 4.78 is 5.68. The van der Waals surface area contributed by atoms with Crippen molar-refractivity contribution in [2.75, 3.05) is 19.7 Å². The number of ether oxygens (including phenoxy) is 1. The van der Waals surface area contributed by atoms with E-state index in [1.54, 1.807) is 18.2 Å². The molecule has 0 aromatic heterocycles. The average molecular weight is 245 g/mol. The molecule has 1 unspecified atom stereocenters. The Morgan fingerprint density at radius 3 is 3.22 bits per heavy atom. The van der Waals surface area contributed by atoms with Crippen molar-refractivity contribution in [3.05, 3.63) is 36.4 Å². The van der Waals surface area contributed by atoms with E-state index in [4.69, 9.17) is 10.5 Å². The molecule has 1 spiro atoms. The van der Waals surface area contributed by atoms with Gasteiger partial charge in [-0.1, -0.05) is 6.08 Å². The van der Waals surface area contributed by atoms with Crippen LogP contribution in [0.15, 0.2) is 35.8 Å². The Bertz CT molecular complexity index is 541. The second-order valence-electron chi connectivity index (χ2n) is 4.57. The lowest BCUT2D eigenvalue weighted by Gasteiger charge is -2.34. The van der Waals surface area contributed by atoms with Gasteiger partial charge in [0.2, 0.25) is 0 Å². The fourth-order valence-electron chi connectivity index (χ4n) is 2.64. The van der Waals surface area contributed by atoms with E-state index >= 15 is 0 Å². The Morgan fingerprint density at radius 1 is 1.61 bits per heavy atom. The van der Waals surface area contributed by atoms with Crippen molar-refractivity contribution >= 4 is 5.96 Å². The second kappa shape index (κ2) is 3.66. The molecule has 1 atom stereocenters. The van der Waals surface area contributed by atoms with E-state index in [1.165, 1.54) is 0 Å². The zero-order valence-corrected chi connectivity index (χ0v) is 9.97. The molecule has 3 rings (SSSR count). The van der Waals surface area contributed by atoms with Gasteiger partial charge in [0.05, 0.1) is 6.54 Å². The molecule has 0 saturated carbocycles. The molecular formula is C13H15N3O2. The highest BCUT2D eigenvalue weighted by atomic mass is 16.5. The SMILES string of the molecule is C=CCN1C(N)=NCC12COc1cc(O)ccc12. The molecule has 18 heavy (non-hydrogen) atoms. The molecule has 0 bridgehead atoms. The summed E-state index contributed by atoms with van der Waals surface area (Å²) in [5.74, 6) is 1.42. The van der Waals surface area contributed by atoms with Crippen molar-refractivity contribution < 1.29 is 9.84 Å². The van der Waals surface area contributed by atoms with E-state index < -0.39 is 0 Å². The van der Waals surface area contributed by atoms with Crippen molar-refractivity contribution in [1.82, 2.24) is 4.90 Å². The van der Waals surface area contributed by atoms with Gasteiger partial charge in [-0.15, -0.1) is 6.58 Å². The van der Waals surface area contributed by atoms with Crippen molar-refractivity contribution in [2.24, 2.45) is 10.7 Å². The zero-order valence-electron chi connectivity index (χ0n) is 9.97. The Kier molecular flexibility index (Phi) is 2.23. The molecule has 3 N–H and O–H groups in total. The van der Waals surface area contributed by atoms with Gasteiger partial charge < -0.3 is 20.5 Å². The fraction of sp³-hybridized carbons (Fsp3) is 0.308. The summed E-state index contributed by atoms with van der Waals surface area (Å²) in [6.45, 7) is 5.44. The van der Waals surface area contributed by atoms with Crippen LogP contribution >= 0.6 is 0 Å². The molecule has 2 heterocycles. The number of aliphatic imine (C=N–C) groups is 1. The first-order valence-corrected chi connectivity index (χ1v) is 5.82. The van der Waals surface area contributed by atoms with Crippen molar-refractivity contribution in [3.63, 3.8) is 0 Å². The molecule has 0 radical (unpaired) electrons. The van der Waals surface area contributed by atoms with Gasteiger partial charge in [-0.05, 0) is 12.1 Å². The minimum Gasteiger partial charge on any atom is -0.508 e. The molecule has 5 heteroatoms. The number of hydrogen-bond acceptors (Lipinski definition) is 5. The van der Waals surface area contributed by atoms with Crippen LogP contribution in [0.1, 0.15) is 5.56 Å². The largest absolute Gasteiger partial charge is 0.508 e. The number of phenolic OH excluding ortho intramolecular Hbond substituents is 1. The van der Waals surface area contributed by atoms with Gasteiger partial charge in [-0.2, -0.15) is 0 Å². The van der Waals surface area contributed by atoms with Gasteiger partial charge in [-0.25, -0.2) is 0 Å². The molecule has 0 amide bonds. The highest BCUT2D eigenvalue weighted by molar-refractivity contribution is 5.82. The number of nitrogens with zero attached hydrogens (tertiary/aromatic N) is 2. The van der Waals surface area contributed by atoms with E-state index in [-0.39, 0.29) is 11.3 Å². The van der Waals surface area contributed by atoms with Gasteiger partial charge >= 0.3 is 0 Å². The molecule has 0 fully saturated rings. The maximum Gasteiger partial charge on any atom is 0.192 e. The second-order valence-corrected chi connectivity index (χ2v) is 4.57. The first-order chi connectivity index (χ1) is 8.67. The normalized spacial score (nSPS) is 24.9. The highest BCUT2D eigenvalue weighted by Gasteiger charge is 2.49. The molecule has 1 aromatic carbocycles. The number of fused-ring (bicyclic) bond motifs is 2. The molecule has 0 aliphatic carbocycles. The Morgan fingerprint density at radius 2 is 2.44 bits per heavy atom. The lowest BCUT2D eigenvalue weighted by molar-refractivity contribution is 0.162. The van der Waals surface area contributed by atoms with Crippen LogP contribution in [0, 0.1) is 0 Å². The Labute approximate surface area is 105 Å².